The van der Waals surface area contributed by atoms with Gasteiger partial charge < -0.3 is 16.2 Å². The number of rotatable bonds is 5. The van der Waals surface area contributed by atoms with Gasteiger partial charge in [0, 0.05) is 10.3 Å². The quantitative estimate of drug-likeness (QED) is 0.742. The Kier molecular flexibility index (Phi) is 4.39. The molecule has 4 N–H and O–H groups in total. The number of aryl methyl sites for hydroxylation is 1. The van der Waals surface area contributed by atoms with E-state index in [4.69, 9.17) is 10.8 Å². The van der Waals surface area contributed by atoms with Crippen LogP contribution in [0.1, 0.15) is 40.1 Å². The lowest BCUT2D eigenvalue weighted by Gasteiger charge is -2.15. The third-order valence-corrected chi connectivity index (χ3v) is 4.40. The summed E-state index contributed by atoms with van der Waals surface area (Å²) in [6.45, 7) is 0. The Hall–Kier alpha value is -1.89. The number of hydrogen-bond acceptors (Lipinski definition) is 4. The molecule has 0 fully saturated rings. The maximum atomic E-state index is 12.2. The SMILES string of the molecule is NC(=O)C[C@@H](NC(=O)c1csc2c1CCCC2)C(=O)O. The number of nitrogens with two attached hydrogens (primary N) is 1. The lowest BCUT2D eigenvalue weighted by atomic mass is 9.95. The smallest absolute Gasteiger partial charge is 0.326 e. The zero-order valence-electron chi connectivity index (χ0n) is 10.8. The standard InChI is InChI=1S/C13H16N2O4S/c14-11(16)5-9(13(18)19)15-12(17)8-6-20-10-4-2-1-3-7(8)10/h6,9H,1-5H2,(H2,14,16)(H,15,17)(H,18,19)/t9-/m1/s1. The molecule has 6 nitrogen and oxygen atoms in total. The highest BCUT2D eigenvalue weighted by Gasteiger charge is 2.26. The summed E-state index contributed by atoms with van der Waals surface area (Å²) in [6, 6.07) is -1.28. The van der Waals surface area contributed by atoms with Crippen molar-refractivity contribution in [1.82, 2.24) is 5.32 Å². The average Bonchev–Trinajstić information content (AvgIpc) is 2.81. The van der Waals surface area contributed by atoms with Gasteiger partial charge in [0.15, 0.2) is 0 Å². The molecule has 0 aliphatic heterocycles. The van der Waals surface area contributed by atoms with Crippen LogP contribution >= 0.6 is 11.3 Å². The van der Waals surface area contributed by atoms with E-state index < -0.39 is 30.2 Å². The monoisotopic (exact) mass is 296 g/mol. The molecular weight excluding hydrogens is 280 g/mol. The highest BCUT2D eigenvalue weighted by Crippen LogP contribution is 2.30. The number of hydrogen-bond donors (Lipinski definition) is 3. The molecule has 1 heterocycles. The van der Waals surface area contributed by atoms with Crippen molar-refractivity contribution in [3.05, 3.63) is 21.4 Å². The Morgan fingerprint density at radius 1 is 1.35 bits per heavy atom. The van der Waals surface area contributed by atoms with Gasteiger partial charge in [-0.25, -0.2) is 4.79 Å². The predicted octanol–water partition coefficient (Wildman–Crippen LogP) is 0.685. The van der Waals surface area contributed by atoms with E-state index in [1.54, 1.807) is 5.38 Å². The van der Waals surface area contributed by atoms with Crippen LogP contribution in [-0.4, -0.2) is 28.9 Å². The van der Waals surface area contributed by atoms with E-state index >= 15 is 0 Å². The molecule has 0 aromatic carbocycles. The molecule has 1 aromatic rings. The van der Waals surface area contributed by atoms with Gasteiger partial charge in [-0.3, -0.25) is 9.59 Å². The predicted molar refractivity (Wildman–Crippen MR) is 73.7 cm³/mol. The Morgan fingerprint density at radius 2 is 2.05 bits per heavy atom. The number of thiophene rings is 1. The minimum Gasteiger partial charge on any atom is -0.480 e. The maximum absolute atomic E-state index is 12.2. The fraction of sp³-hybridized carbons (Fsp3) is 0.462. The molecule has 0 saturated heterocycles. The van der Waals surface area contributed by atoms with Crippen molar-refractivity contribution >= 4 is 29.1 Å². The summed E-state index contributed by atoms with van der Waals surface area (Å²) in [5.74, 6) is -2.47. The number of aliphatic carboxylic acids is 1. The van der Waals surface area contributed by atoms with E-state index in [-0.39, 0.29) is 0 Å². The fourth-order valence-corrected chi connectivity index (χ4v) is 3.45. The lowest BCUT2D eigenvalue weighted by molar-refractivity contribution is -0.140. The van der Waals surface area contributed by atoms with Crippen LogP contribution in [0.25, 0.3) is 0 Å². The van der Waals surface area contributed by atoms with E-state index in [1.807, 2.05) is 0 Å². The molecule has 20 heavy (non-hydrogen) atoms. The van der Waals surface area contributed by atoms with E-state index in [0.29, 0.717) is 5.56 Å². The van der Waals surface area contributed by atoms with Crippen molar-refractivity contribution in [2.24, 2.45) is 5.73 Å². The number of carbonyl (C=O) groups is 3. The maximum Gasteiger partial charge on any atom is 0.326 e. The third kappa shape index (κ3) is 3.16. The molecule has 0 bridgehead atoms. The topological polar surface area (TPSA) is 109 Å². The summed E-state index contributed by atoms with van der Waals surface area (Å²) in [4.78, 5) is 35.2. The number of nitrogens with one attached hydrogen (secondary N) is 1. The van der Waals surface area contributed by atoms with Crippen molar-refractivity contribution in [3.8, 4) is 0 Å². The summed E-state index contributed by atoms with van der Waals surface area (Å²) in [6.07, 6.45) is 3.56. The first-order chi connectivity index (χ1) is 9.49. The van der Waals surface area contributed by atoms with Crippen molar-refractivity contribution in [2.45, 2.75) is 38.1 Å². The van der Waals surface area contributed by atoms with E-state index in [0.717, 1.165) is 31.2 Å². The first-order valence-electron chi connectivity index (χ1n) is 6.40. The summed E-state index contributed by atoms with van der Waals surface area (Å²) in [5.41, 5.74) is 6.53. The van der Waals surface area contributed by atoms with E-state index in [9.17, 15) is 14.4 Å². The Balaban J connectivity index is 2.12. The lowest BCUT2D eigenvalue weighted by Crippen LogP contribution is -2.43. The minimum atomic E-state index is -1.28. The molecular formula is C13H16N2O4S. The molecule has 0 radical (unpaired) electrons. The van der Waals surface area contributed by atoms with Crippen molar-refractivity contribution in [3.63, 3.8) is 0 Å². The van der Waals surface area contributed by atoms with Gasteiger partial charge >= 0.3 is 5.97 Å². The molecule has 1 aliphatic carbocycles. The normalized spacial score (nSPS) is 15.2. The number of amides is 2. The molecule has 108 valence electrons. The number of carboxylic acids is 1. The second-order valence-electron chi connectivity index (χ2n) is 4.79. The van der Waals surface area contributed by atoms with E-state index in [1.165, 1.54) is 16.2 Å². The Morgan fingerprint density at radius 3 is 2.70 bits per heavy atom. The van der Waals surface area contributed by atoms with E-state index in [2.05, 4.69) is 5.32 Å². The number of carbonyl (C=O) groups excluding carboxylic acids is 2. The molecule has 2 rings (SSSR count). The Bertz CT molecular complexity index is 553. The van der Waals surface area contributed by atoms with Crippen LogP contribution in [0.15, 0.2) is 5.38 Å². The van der Waals surface area contributed by atoms with Gasteiger partial charge in [0.2, 0.25) is 5.91 Å². The molecule has 1 atom stereocenters. The first kappa shape index (κ1) is 14.5. The van der Waals surface area contributed by atoms with Crippen LogP contribution in [0, 0.1) is 0 Å². The van der Waals surface area contributed by atoms with Gasteiger partial charge in [0.25, 0.3) is 5.91 Å². The average molecular weight is 296 g/mol. The first-order valence-corrected chi connectivity index (χ1v) is 7.28. The van der Waals surface area contributed by atoms with Crippen LogP contribution in [0.5, 0.6) is 0 Å². The molecule has 7 heteroatoms. The largest absolute Gasteiger partial charge is 0.480 e. The van der Waals surface area contributed by atoms with Crippen LogP contribution in [0.2, 0.25) is 0 Å². The summed E-state index contributed by atoms with van der Waals surface area (Å²) >= 11 is 1.53. The van der Waals surface area contributed by atoms with Gasteiger partial charge in [-0.15, -0.1) is 11.3 Å². The highest BCUT2D eigenvalue weighted by atomic mass is 32.1. The van der Waals surface area contributed by atoms with Gasteiger partial charge in [0.1, 0.15) is 6.04 Å². The van der Waals surface area contributed by atoms with Crippen molar-refractivity contribution in [2.75, 3.05) is 0 Å². The van der Waals surface area contributed by atoms with Crippen LogP contribution < -0.4 is 11.1 Å². The van der Waals surface area contributed by atoms with Gasteiger partial charge in [0.05, 0.1) is 12.0 Å². The second-order valence-corrected chi connectivity index (χ2v) is 5.76. The molecule has 0 spiro atoms. The van der Waals surface area contributed by atoms with Gasteiger partial charge in [-0.05, 0) is 31.2 Å². The van der Waals surface area contributed by atoms with Gasteiger partial charge in [-0.2, -0.15) is 0 Å². The van der Waals surface area contributed by atoms with Crippen molar-refractivity contribution < 1.29 is 19.5 Å². The van der Waals surface area contributed by atoms with Crippen LogP contribution in [0.4, 0.5) is 0 Å². The van der Waals surface area contributed by atoms with Crippen molar-refractivity contribution in [1.29, 1.82) is 0 Å². The number of carboxylic acid groups (broad SMARTS) is 1. The zero-order valence-corrected chi connectivity index (χ0v) is 11.7. The van der Waals surface area contributed by atoms with Gasteiger partial charge in [-0.1, -0.05) is 0 Å². The molecule has 1 aliphatic rings. The molecule has 2 amide bonds. The fourth-order valence-electron chi connectivity index (χ4n) is 2.32. The molecule has 0 saturated carbocycles. The summed E-state index contributed by atoms with van der Waals surface area (Å²) in [5, 5.41) is 13.1. The second kappa shape index (κ2) is 6.04. The number of fused-ring (bicyclic) bond motifs is 1. The Labute approximate surface area is 120 Å². The molecule has 0 unspecified atom stereocenters. The van der Waals surface area contributed by atoms with Crippen LogP contribution in [0.3, 0.4) is 0 Å². The summed E-state index contributed by atoms with van der Waals surface area (Å²) < 4.78 is 0. The minimum absolute atomic E-state index is 0.409. The number of primary amides is 1. The molecule has 1 aromatic heterocycles. The zero-order chi connectivity index (χ0) is 14.7. The highest BCUT2D eigenvalue weighted by molar-refractivity contribution is 7.10. The van der Waals surface area contributed by atoms with Crippen LogP contribution in [-0.2, 0) is 22.4 Å². The third-order valence-electron chi connectivity index (χ3n) is 3.31. The summed E-state index contributed by atoms with van der Waals surface area (Å²) in [7, 11) is 0.